The summed E-state index contributed by atoms with van der Waals surface area (Å²) in [6.45, 7) is 1.01. The van der Waals surface area contributed by atoms with Gasteiger partial charge < -0.3 is 15.4 Å². The molecule has 2 N–H and O–H groups in total. The number of pyridine rings is 1. The molecule has 1 aliphatic rings. The summed E-state index contributed by atoms with van der Waals surface area (Å²) in [6.07, 6.45) is 2.88. The molecule has 0 aliphatic carbocycles. The molecule has 2 unspecified atom stereocenters. The molecule has 1 aromatic heterocycles. The van der Waals surface area contributed by atoms with Gasteiger partial charge in [-0.3, -0.25) is 9.78 Å². The zero-order chi connectivity index (χ0) is 14.7. The van der Waals surface area contributed by atoms with E-state index in [0.29, 0.717) is 26.0 Å². The van der Waals surface area contributed by atoms with E-state index in [1.54, 1.807) is 18.2 Å². The number of ether oxygens (including phenoxy) is 1. The Bertz CT molecular complexity index is 499. The van der Waals surface area contributed by atoms with Crippen LogP contribution < -0.4 is 5.73 Å². The monoisotopic (exact) mass is 405 g/mol. The molecule has 2 rings (SSSR count). The fraction of sp³-hybridized carbons (Fsp3) is 0.538. The number of methoxy groups -OCH3 is 1. The number of carbonyl (C=O) groups is 1. The molecule has 1 amide bonds. The van der Waals surface area contributed by atoms with Gasteiger partial charge in [-0.2, -0.15) is 0 Å². The minimum atomic E-state index is -0.214. The number of halogens is 2. The number of hydrogen-bond acceptors (Lipinski definition) is 4. The Morgan fingerprint density at radius 3 is 2.95 bits per heavy atom. The molecule has 1 saturated heterocycles. The normalized spacial score (nSPS) is 23.2. The summed E-state index contributed by atoms with van der Waals surface area (Å²) in [5.74, 6) is 0.102. The van der Waals surface area contributed by atoms with Gasteiger partial charge in [0.1, 0.15) is 0 Å². The summed E-state index contributed by atoms with van der Waals surface area (Å²) in [5, 5.41) is 0. The van der Waals surface area contributed by atoms with E-state index in [-0.39, 0.29) is 18.0 Å². The maximum atomic E-state index is 12.2. The minimum Gasteiger partial charge on any atom is -0.383 e. The van der Waals surface area contributed by atoms with Crippen molar-refractivity contribution in [2.24, 2.45) is 5.73 Å². The van der Waals surface area contributed by atoms with Gasteiger partial charge in [-0.15, -0.1) is 0 Å². The lowest BCUT2D eigenvalue weighted by Gasteiger charge is -2.39. The molecule has 20 heavy (non-hydrogen) atoms. The van der Waals surface area contributed by atoms with Gasteiger partial charge in [-0.1, -0.05) is 0 Å². The largest absolute Gasteiger partial charge is 0.383 e. The highest BCUT2D eigenvalue weighted by atomic mass is 79.9. The highest BCUT2D eigenvalue weighted by Crippen LogP contribution is 2.34. The van der Waals surface area contributed by atoms with Gasteiger partial charge >= 0.3 is 0 Å². The van der Waals surface area contributed by atoms with Crippen LogP contribution in [0.3, 0.4) is 0 Å². The van der Waals surface area contributed by atoms with Gasteiger partial charge in [-0.05, 0) is 44.3 Å². The van der Waals surface area contributed by atoms with Crippen LogP contribution in [0.1, 0.15) is 24.6 Å². The molecule has 1 aromatic rings. The van der Waals surface area contributed by atoms with E-state index in [9.17, 15) is 4.79 Å². The van der Waals surface area contributed by atoms with Crippen LogP contribution in [-0.4, -0.2) is 42.1 Å². The molecule has 5 nitrogen and oxygen atoms in total. The van der Waals surface area contributed by atoms with Gasteiger partial charge in [0.05, 0.1) is 18.3 Å². The van der Waals surface area contributed by atoms with Gasteiger partial charge in [0.25, 0.3) is 0 Å². The summed E-state index contributed by atoms with van der Waals surface area (Å²) < 4.78 is 6.82. The third-order valence-electron chi connectivity index (χ3n) is 3.41. The van der Waals surface area contributed by atoms with E-state index in [1.807, 2.05) is 6.07 Å². The van der Waals surface area contributed by atoms with Gasteiger partial charge in [0.15, 0.2) is 0 Å². The van der Waals surface area contributed by atoms with Gasteiger partial charge in [0, 0.05) is 41.3 Å². The van der Waals surface area contributed by atoms with Crippen LogP contribution in [-0.2, 0) is 9.53 Å². The van der Waals surface area contributed by atoms with Crippen molar-refractivity contribution in [1.29, 1.82) is 0 Å². The molecule has 0 spiro atoms. The van der Waals surface area contributed by atoms with Gasteiger partial charge in [-0.25, -0.2) is 0 Å². The molecule has 0 aromatic carbocycles. The Hall–Kier alpha value is -0.500. The van der Waals surface area contributed by atoms with Crippen molar-refractivity contribution < 1.29 is 9.53 Å². The van der Waals surface area contributed by atoms with Crippen LogP contribution in [0.5, 0.6) is 0 Å². The van der Waals surface area contributed by atoms with Crippen molar-refractivity contribution in [3.63, 3.8) is 0 Å². The lowest BCUT2D eigenvalue weighted by molar-refractivity contribution is -0.138. The van der Waals surface area contributed by atoms with E-state index in [4.69, 9.17) is 10.5 Å². The molecule has 2 atom stereocenters. The molecule has 1 aliphatic heterocycles. The molecule has 0 radical (unpaired) electrons. The lowest BCUT2D eigenvalue weighted by atomic mass is 9.93. The molecule has 1 fully saturated rings. The van der Waals surface area contributed by atoms with Crippen LogP contribution in [0, 0.1) is 0 Å². The number of piperidine rings is 1. The molecule has 0 saturated carbocycles. The minimum absolute atomic E-state index is 0.102. The Balaban J connectivity index is 2.34. The van der Waals surface area contributed by atoms with Crippen molar-refractivity contribution >= 4 is 37.8 Å². The van der Waals surface area contributed by atoms with E-state index in [0.717, 1.165) is 14.6 Å². The number of likely N-dealkylation sites (tertiary alicyclic amines) is 1. The van der Waals surface area contributed by atoms with Crippen molar-refractivity contribution in [3.8, 4) is 0 Å². The van der Waals surface area contributed by atoms with Crippen LogP contribution in [0.4, 0.5) is 0 Å². The number of nitrogens with two attached hydrogens (primary N) is 1. The Kier molecular flexibility index (Phi) is 5.54. The maximum absolute atomic E-state index is 12.2. The second-order valence-corrected chi connectivity index (χ2v) is 6.52. The predicted molar refractivity (Wildman–Crippen MR) is 83.2 cm³/mol. The number of amides is 1. The van der Waals surface area contributed by atoms with Crippen molar-refractivity contribution in [2.75, 3.05) is 20.3 Å². The van der Waals surface area contributed by atoms with Crippen molar-refractivity contribution in [2.45, 2.75) is 24.9 Å². The molecule has 2 heterocycles. The van der Waals surface area contributed by atoms with Crippen molar-refractivity contribution in [1.82, 2.24) is 9.88 Å². The summed E-state index contributed by atoms with van der Waals surface area (Å²) in [7, 11) is 1.62. The summed E-state index contributed by atoms with van der Waals surface area (Å²) in [6, 6.07) is 1.59. The smallest absolute Gasteiger partial charge is 0.223 e. The number of carbonyl (C=O) groups excluding carboxylic acids is 1. The van der Waals surface area contributed by atoms with Crippen LogP contribution in [0.25, 0.3) is 0 Å². The number of hydrogen-bond donors (Lipinski definition) is 1. The highest BCUT2D eigenvalue weighted by molar-refractivity contribution is 9.11. The number of rotatable bonds is 4. The fourth-order valence-corrected chi connectivity index (χ4v) is 3.65. The molecule has 110 valence electrons. The third kappa shape index (κ3) is 3.39. The summed E-state index contributed by atoms with van der Waals surface area (Å²) in [5.41, 5.74) is 7.03. The van der Waals surface area contributed by atoms with E-state index < -0.39 is 0 Å². The second kappa shape index (κ2) is 6.98. The first-order valence-corrected chi connectivity index (χ1v) is 7.98. The van der Waals surface area contributed by atoms with E-state index >= 15 is 0 Å². The maximum Gasteiger partial charge on any atom is 0.223 e. The zero-order valence-electron chi connectivity index (χ0n) is 11.2. The van der Waals surface area contributed by atoms with Crippen LogP contribution >= 0.6 is 31.9 Å². The molecular formula is C13H17Br2N3O2. The SMILES string of the molecule is COCCN1C(=O)CCC(N)C1c1ncc(Br)cc1Br. The van der Waals surface area contributed by atoms with E-state index in [2.05, 4.69) is 36.8 Å². The highest BCUT2D eigenvalue weighted by Gasteiger charge is 2.36. The van der Waals surface area contributed by atoms with Crippen molar-refractivity contribution in [3.05, 3.63) is 26.9 Å². The van der Waals surface area contributed by atoms with Crippen LogP contribution in [0.2, 0.25) is 0 Å². The quantitative estimate of drug-likeness (QED) is 0.832. The lowest BCUT2D eigenvalue weighted by Crippen LogP contribution is -2.50. The molecule has 0 bridgehead atoms. The third-order valence-corrected chi connectivity index (χ3v) is 4.47. The van der Waals surface area contributed by atoms with Gasteiger partial charge in [0.2, 0.25) is 5.91 Å². The second-order valence-electron chi connectivity index (χ2n) is 4.75. The topological polar surface area (TPSA) is 68.5 Å². The Morgan fingerprint density at radius 1 is 1.55 bits per heavy atom. The first kappa shape index (κ1) is 15.9. The number of aromatic nitrogens is 1. The first-order chi connectivity index (χ1) is 9.54. The average molecular weight is 407 g/mol. The Morgan fingerprint density at radius 2 is 2.30 bits per heavy atom. The zero-order valence-corrected chi connectivity index (χ0v) is 14.4. The van der Waals surface area contributed by atoms with E-state index in [1.165, 1.54) is 0 Å². The average Bonchev–Trinajstić information content (AvgIpc) is 2.41. The fourth-order valence-electron chi connectivity index (χ4n) is 2.42. The first-order valence-electron chi connectivity index (χ1n) is 6.39. The summed E-state index contributed by atoms with van der Waals surface area (Å²) in [4.78, 5) is 18.4. The Labute approximate surface area is 135 Å². The number of nitrogens with zero attached hydrogens (tertiary/aromatic N) is 2. The molecule has 7 heteroatoms. The molecular weight excluding hydrogens is 390 g/mol. The van der Waals surface area contributed by atoms with Crippen LogP contribution in [0.15, 0.2) is 21.2 Å². The summed E-state index contributed by atoms with van der Waals surface area (Å²) >= 11 is 6.89. The standard InChI is InChI=1S/C13H17Br2N3O2/c1-20-5-4-18-11(19)3-2-10(16)13(18)12-9(15)6-8(14)7-17-12/h6-7,10,13H,2-5,16H2,1H3. The predicted octanol–water partition coefficient (Wildman–Crippen LogP) is 2.24.